The van der Waals surface area contributed by atoms with Crippen LogP contribution in [0.25, 0.3) is 22.7 Å². The summed E-state index contributed by atoms with van der Waals surface area (Å²) in [6.45, 7) is 36.0. The van der Waals surface area contributed by atoms with Gasteiger partial charge in [0.1, 0.15) is 0 Å². The summed E-state index contributed by atoms with van der Waals surface area (Å²) in [5.74, 6) is 0. The minimum atomic E-state index is 0.437. The lowest BCUT2D eigenvalue weighted by atomic mass is 9.71. The van der Waals surface area contributed by atoms with Gasteiger partial charge in [0.15, 0.2) is 0 Å². The molecule has 0 amide bonds. The fraction of sp³-hybridized carbons (Fsp3) is 0.364. The van der Waals surface area contributed by atoms with Crippen LogP contribution >= 0.6 is 12.6 Å². The van der Waals surface area contributed by atoms with Gasteiger partial charge in [0, 0.05) is 38.7 Å². The van der Waals surface area contributed by atoms with E-state index in [1.165, 1.54) is 22.2 Å². The number of aromatic nitrogens is 1. The van der Waals surface area contributed by atoms with Crippen molar-refractivity contribution in [3.05, 3.63) is 133 Å². The molecule has 0 spiro atoms. The van der Waals surface area contributed by atoms with Crippen LogP contribution in [0.2, 0.25) is 0 Å². The molecule has 0 saturated heterocycles. The molecule has 4 rings (SSSR count). The van der Waals surface area contributed by atoms with Crippen LogP contribution in [-0.4, -0.2) is 4.57 Å². The minimum absolute atomic E-state index is 0.437. The van der Waals surface area contributed by atoms with Crippen molar-refractivity contribution >= 4 is 35.3 Å². The van der Waals surface area contributed by atoms with Crippen LogP contribution in [0.1, 0.15) is 100 Å². The van der Waals surface area contributed by atoms with E-state index in [0.29, 0.717) is 10.8 Å². The predicted octanol–water partition coefficient (Wildman–Crippen LogP) is 14.1. The second kappa shape index (κ2) is 19.9. The van der Waals surface area contributed by atoms with Crippen LogP contribution in [0.15, 0.2) is 127 Å². The van der Waals surface area contributed by atoms with Gasteiger partial charge in [0.05, 0.1) is 5.52 Å². The first-order valence-corrected chi connectivity index (χ1v) is 17.6. The molecule has 3 aromatic rings. The van der Waals surface area contributed by atoms with Gasteiger partial charge in [-0.1, -0.05) is 137 Å². The monoisotopic (exact) mass is 650 g/mol. The minimum Gasteiger partial charge on any atom is -0.312 e. The number of aryl methyl sites for hydroxylation is 1. The molecule has 254 valence electrons. The number of anilines is 1. The number of fused-ring (bicyclic) bond motifs is 3. The standard InChI is InChI=1S/C32H32N2S.C8H18.2C2H6/c1-5-7-8-9-10-16-25(4)33(24(3)15-6-2)26-21-27(23-28(35)22-26)34-31-19-13-11-17-29(31)30-18-12-14-20-32(30)34;1-7(2,3)8(4,5)6;2*1-2/h5-6,8-11,13-17,19-23,35H,1,3-4,7,12,18H2,2H3;1-6H3;2*1-2H3/b9-8-,15-6-,16-10-;;;. The molecule has 0 aliphatic heterocycles. The SMILES string of the molecule is C=CC/C=C\C=C/C(=C)N(C(=C)/C=C\C)c1cc(S)cc(-n2c3c(c4ccccc42)CCC=C3)c1.CC.CC.CC(C)(C)C(C)(C)C. The van der Waals surface area contributed by atoms with Gasteiger partial charge in [-0.15, -0.1) is 19.2 Å². The second-order valence-electron chi connectivity index (χ2n) is 13.0. The summed E-state index contributed by atoms with van der Waals surface area (Å²) in [7, 11) is 0. The van der Waals surface area contributed by atoms with Gasteiger partial charge in [-0.2, -0.15) is 0 Å². The molecule has 0 N–H and O–H groups in total. The Hall–Kier alpha value is -3.69. The van der Waals surface area contributed by atoms with E-state index in [1.807, 2.05) is 71.1 Å². The van der Waals surface area contributed by atoms with Gasteiger partial charge in [0.2, 0.25) is 0 Å². The van der Waals surface area contributed by atoms with Crippen molar-refractivity contribution in [2.75, 3.05) is 4.90 Å². The van der Waals surface area contributed by atoms with E-state index in [-0.39, 0.29) is 0 Å². The highest BCUT2D eigenvalue weighted by molar-refractivity contribution is 7.80. The third kappa shape index (κ3) is 11.5. The van der Waals surface area contributed by atoms with E-state index in [1.54, 1.807) is 0 Å². The first-order chi connectivity index (χ1) is 22.3. The Kier molecular flexibility index (Phi) is 17.5. The lowest BCUT2D eigenvalue weighted by Gasteiger charge is -2.34. The molecule has 0 radical (unpaired) electrons. The highest BCUT2D eigenvalue weighted by Crippen LogP contribution is 2.37. The smallest absolute Gasteiger partial charge is 0.0537 e. The van der Waals surface area contributed by atoms with Crippen LogP contribution in [0, 0.1) is 10.8 Å². The van der Waals surface area contributed by atoms with Gasteiger partial charge < -0.3 is 9.47 Å². The Morgan fingerprint density at radius 1 is 0.894 bits per heavy atom. The van der Waals surface area contributed by atoms with Crippen LogP contribution in [0.4, 0.5) is 5.69 Å². The molecule has 1 aromatic heterocycles. The molecular formula is C44H62N2S. The molecule has 1 aliphatic carbocycles. The van der Waals surface area contributed by atoms with Crippen molar-refractivity contribution in [2.24, 2.45) is 10.8 Å². The van der Waals surface area contributed by atoms with Crippen molar-refractivity contribution in [2.45, 2.75) is 100 Å². The van der Waals surface area contributed by atoms with Crippen molar-refractivity contribution in [1.82, 2.24) is 4.57 Å². The highest BCUT2D eigenvalue weighted by Gasteiger charge is 2.27. The first kappa shape index (κ1) is 41.3. The molecule has 0 atom stereocenters. The summed E-state index contributed by atoms with van der Waals surface area (Å²) in [5, 5.41) is 1.31. The number of thiol groups is 1. The van der Waals surface area contributed by atoms with E-state index in [2.05, 4.69) is 131 Å². The van der Waals surface area contributed by atoms with Gasteiger partial charge in [-0.3, -0.25) is 0 Å². The highest BCUT2D eigenvalue weighted by atomic mass is 32.1. The maximum atomic E-state index is 4.79. The van der Waals surface area contributed by atoms with E-state index in [0.717, 1.165) is 46.9 Å². The van der Waals surface area contributed by atoms with Gasteiger partial charge in [-0.25, -0.2) is 0 Å². The summed E-state index contributed by atoms with van der Waals surface area (Å²) >= 11 is 4.79. The summed E-state index contributed by atoms with van der Waals surface area (Å²) in [6, 6.07) is 15.0. The van der Waals surface area contributed by atoms with Crippen LogP contribution in [0.5, 0.6) is 0 Å². The number of rotatable bonds is 9. The molecule has 0 saturated carbocycles. The van der Waals surface area contributed by atoms with Crippen molar-refractivity contribution in [3.8, 4) is 5.69 Å². The Labute approximate surface area is 294 Å². The second-order valence-corrected chi connectivity index (χ2v) is 13.5. The molecule has 1 aliphatic rings. The van der Waals surface area contributed by atoms with Gasteiger partial charge >= 0.3 is 0 Å². The first-order valence-electron chi connectivity index (χ1n) is 17.2. The summed E-state index contributed by atoms with van der Waals surface area (Å²) in [6.07, 6.45) is 21.4. The zero-order valence-corrected chi connectivity index (χ0v) is 32.2. The van der Waals surface area contributed by atoms with Gasteiger partial charge in [-0.05, 0) is 85.1 Å². The third-order valence-electron chi connectivity index (χ3n) is 8.28. The maximum absolute atomic E-state index is 4.79. The molecule has 0 bridgehead atoms. The molecule has 47 heavy (non-hydrogen) atoms. The Morgan fingerprint density at radius 3 is 2.11 bits per heavy atom. The Bertz CT molecular complexity index is 1560. The quantitative estimate of drug-likeness (QED) is 0.138. The predicted molar refractivity (Wildman–Crippen MR) is 218 cm³/mol. The molecule has 0 unspecified atom stereocenters. The Morgan fingerprint density at radius 2 is 1.51 bits per heavy atom. The van der Waals surface area contributed by atoms with Crippen molar-refractivity contribution in [1.29, 1.82) is 0 Å². The fourth-order valence-electron chi connectivity index (χ4n) is 4.58. The van der Waals surface area contributed by atoms with Crippen molar-refractivity contribution in [3.63, 3.8) is 0 Å². The molecule has 1 heterocycles. The molecule has 2 nitrogen and oxygen atoms in total. The Balaban J connectivity index is 0.000000797. The van der Waals surface area contributed by atoms with Crippen molar-refractivity contribution < 1.29 is 0 Å². The average Bonchev–Trinajstić information content (AvgIpc) is 3.37. The summed E-state index contributed by atoms with van der Waals surface area (Å²) in [4.78, 5) is 2.94. The number of para-hydroxylation sites is 1. The largest absolute Gasteiger partial charge is 0.312 e. The van der Waals surface area contributed by atoms with E-state index in [9.17, 15) is 0 Å². The lowest BCUT2D eigenvalue weighted by molar-refractivity contribution is 0.157. The summed E-state index contributed by atoms with van der Waals surface area (Å²) in [5.41, 5.74) is 8.42. The maximum Gasteiger partial charge on any atom is 0.0537 e. The van der Waals surface area contributed by atoms with Crippen LogP contribution in [0.3, 0.4) is 0 Å². The number of benzene rings is 2. The molecule has 3 heteroatoms. The zero-order chi connectivity index (χ0) is 35.8. The van der Waals surface area contributed by atoms with Crippen LogP contribution in [-0.2, 0) is 6.42 Å². The molecule has 2 aromatic carbocycles. The lowest BCUT2D eigenvalue weighted by Crippen LogP contribution is -2.25. The number of allylic oxidation sites excluding steroid dienone is 8. The number of nitrogens with zero attached hydrogens (tertiary/aromatic N) is 2. The van der Waals surface area contributed by atoms with E-state index in [4.69, 9.17) is 12.6 Å². The third-order valence-corrected chi connectivity index (χ3v) is 8.54. The number of hydrogen-bond acceptors (Lipinski definition) is 2. The fourth-order valence-corrected chi connectivity index (χ4v) is 4.85. The number of hydrogen-bond donors (Lipinski definition) is 1. The zero-order valence-electron chi connectivity index (χ0n) is 31.3. The van der Waals surface area contributed by atoms with E-state index < -0.39 is 0 Å². The van der Waals surface area contributed by atoms with Crippen LogP contribution < -0.4 is 4.90 Å². The molecule has 0 fully saturated rings. The normalized spacial score (nSPS) is 12.5. The van der Waals surface area contributed by atoms with E-state index >= 15 is 0 Å². The van der Waals surface area contributed by atoms with Gasteiger partial charge in [0.25, 0.3) is 0 Å². The average molecular weight is 651 g/mol. The topological polar surface area (TPSA) is 8.17 Å². The summed E-state index contributed by atoms with van der Waals surface area (Å²) < 4.78 is 2.34. The molecular weight excluding hydrogens is 589 g/mol.